The second kappa shape index (κ2) is 8.95. The van der Waals surface area contributed by atoms with Crippen molar-refractivity contribution in [3.63, 3.8) is 0 Å². The molecule has 5 rings (SSSR count). The molecule has 1 amide bonds. The second-order valence-electron chi connectivity index (χ2n) is 8.32. The van der Waals surface area contributed by atoms with Crippen molar-refractivity contribution in [2.45, 2.75) is 19.9 Å². The number of hydrogen-bond acceptors (Lipinski definition) is 6. The Balaban J connectivity index is 1.65. The molecule has 1 atom stereocenters. The van der Waals surface area contributed by atoms with Gasteiger partial charge >= 0.3 is 5.91 Å². The van der Waals surface area contributed by atoms with Gasteiger partial charge in [0, 0.05) is 11.6 Å². The fourth-order valence-corrected chi connectivity index (χ4v) is 4.09. The molecular weight excluding hydrogens is 444 g/mol. The first-order valence-corrected chi connectivity index (χ1v) is 11.1. The highest BCUT2D eigenvalue weighted by Gasteiger charge is 2.48. The van der Waals surface area contributed by atoms with E-state index in [1.165, 1.54) is 4.90 Å². The van der Waals surface area contributed by atoms with Crippen molar-refractivity contribution in [1.29, 1.82) is 0 Å². The molecule has 0 saturated carbocycles. The average Bonchev–Trinajstić information content (AvgIpc) is 3.40. The van der Waals surface area contributed by atoms with E-state index in [-0.39, 0.29) is 17.2 Å². The number of ketones is 1. The molecule has 0 aliphatic carbocycles. The van der Waals surface area contributed by atoms with Crippen LogP contribution >= 0.6 is 0 Å². The third kappa shape index (κ3) is 4.19. The predicted octanol–water partition coefficient (Wildman–Crippen LogP) is 5.71. The maximum atomic E-state index is 13.2. The van der Waals surface area contributed by atoms with E-state index in [2.05, 4.69) is 5.16 Å². The standard InChI is InChI=1S/C28H22N2O5/c1-17-11-13-19(14-12-17)26(31)24-25(30(28(33)27(24)32)23-15-18(2)35-29-23)20-7-6-10-22(16-20)34-21-8-4-3-5-9-21/h3-16,25,31H,1-2H3/b26-24+/t25-/m1/s1. The molecule has 7 heteroatoms. The molecule has 174 valence electrons. The number of hydrogen-bond donors (Lipinski definition) is 1. The van der Waals surface area contributed by atoms with Gasteiger partial charge in [0.05, 0.1) is 11.6 Å². The number of amides is 1. The van der Waals surface area contributed by atoms with E-state index >= 15 is 0 Å². The van der Waals surface area contributed by atoms with Gasteiger partial charge in [-0.3, -0.25) is 14.5 Å². The summed E-state index contributed by atoms with van der Waals surface area (Å²) >= 11 is 0. The Hall–Kier alpha value is -4.65. The van der Waals surface area contributed by atoms with E-state index < -0.39 is 17.7 Å². The van der Waals surface area contributed by atoms with Crippen molar-refractivity contribution in [3.8, 4) is 11.5 Å². The van der Waals surface area contributed by atoms with E-state index in [0.717, 1.165) is 5.56 Å². The number of benzene rings is 3. The number of anilines is 1. The molecule has 0 spiro atoms. The number of ether oxygens (including phenoxy) is 1. The molecule has 35 heavy (non-hydrogen) atoms. The maximum absolute atomic E-state index is 13.2. The summed E-state index contributed by atoms with van der Waals surface area (Å²) in [5.41, 5.74) is 1.98. The monoisotopic (exact) mass is 466 g/mol. The van der Waals surface area contributed by atoms with Crippen molar-refractivity contribution < 1.29 is 24.0 Å². The van der Waals surface area contributed by atoms with Crippen molar-refractivity contribution >= 4 is 23.3 Å². The largest absolute Gasteiger partial charge is 0.507 e. The first-order valence-electron chi connectivity index (χ1n) is 11.1. The lowest BCUT2D eigenvalue weighted by Gasteiger charge is -2.23. The van der Waals surface area contributed by atoms with Gasteiger partial charge in [0.25, 0.3) is 5.78 Å². The number of Topliss-reactive ketones (excluding diaryl/α,β-unsaturated/α-hetero) is 1. The minimum Gasteiger partial charge on any atom is -0.507 e. The lowest BCUT2D eigenvalue weighted by molar-refractivity contribution is -0.132. The molecule has 1 saturated heterocycles. The van der Waals surface area contributed by atoms with Crippen LogP contribution in [0.3, 0.4) is 0 Å². The molecule has 1 N–H and O–H groups in total. The van der Waals surface area contributed by atoms with Gasteiger partial charge in [0.2, 0.25) is 0 Å². The Kier molecular flexibility index (Phi) is 5.66. The summed E-state index contributed by atoms with van der Waals surface area (Å²) in [4.78, 5) is 27.7. The highest BCUT2D eigenvalue weighted by molar-refractivity contribution is 6.51. The van der Waals surface area contributed by atoms with Gasteiger partial charge in [-0.2, -0.15) is 0 Å². The zero-order valence-electron chi connectivity index (χ0n) is 19.1. The predicted molar refractivity (Wildman–Crippen MR) is 130 cm³/mol. The van der Waals surface area contributed by atoms with Crippen LogP contribution in [0.5, 0.6) is 11.5 Å². The molecule has 1 aliphatic heterocycles. The Labute approximate surface area is 201 Å². The van der Waals surface area contributed by atoms with Gasteiger partial charge in [-0.25, -0.2) is 0 Å². The number of carbonyl (C=O) groups is 2. The van der Waals surface area contributed by atoms with Crippen molar-refractivity contribution in [2.24, 2.45) is 0 Å². The van der Waals surface area contributed by atoms with Gasteiger partial charge in [-0.1, -0.05) is 65.3 Å². The quantitative estimate of drug-likeness (QED) is 0.230. The number of aromatic nitrogens is 1. The van der Waals surface area contributed by atoms with Crippen LogP contribution in [0, 0.1) is 13.8 Å². The number of aryl methyl sites for hydroxylation is 2. The van der Waals surface area contributed by atoms with E-state index in [0.29, 0.717) is 28.4 Å². The molecular formula is C28H22N2O5. The smallest absolute Gasteiger partial charge is 0.301 e. The van der Waals surface area contributed by atoms with Gasteiger partial charge in [-0.15, -0.1) is 0 Å². The Morgan fingerprint density at radius 2 is 1.63 bits per heavy atom. The summed E-state index contributed by atoms with van der Waals surface area (Å²) in [6.45, 7) is 3.62. The van der Waals surface area contributed by atoms with E-state index in [9.17, 15) is 14.7 Å². The molecule has 1 fully saturated rings. The fourth-order valence-electron chi connectivity index (χ4n) is 4.09. The Morgan fingerprint density at radius 3 is 2.31 bits per heavy atom. The first-order chi connectivity index (χ1) is 16.9. The molecule has 7 nitrogen and oxygen atoms in total. The van der Waals surface area contributed by atoms with Crippen LogP contribution in [0.1, 0.15) is 28.5 Å². The third-order valence-electron chi connectivity index (χ3n) is 5.78. The molecule has 1 aliphatic rings. The lowest BCUT2D eigenvalue weighted by atomic mass is 9.95. The van der Waals surface area contributed by atoms with E-state index in [1.807, 2.05) is 49.4 Å². The van der Waals surface area contributed by atoms with Crippen LogP contribution in [0.15, 0.2) is 95.0 Å². The molecule has 0 unspecified atom stereocenters. The number of nitrogens with zero attached hydrogens (tertiary/aromatic N) is 2. The lowest BCUT2D eigenvalue weighted by Crippen LogP contribution is -2.29. The van der Waals surface area contributed by atoms with Crippen molar-refractivity contribution in [1.82, 2.24) is 5.16 Å². The van der Waals surface area contributed by atoms with E-state index in [4.69, 9.17) is 9.26 Å². The number of aliphatic hydroxyl groups excluding tert-OH is 1. The minimum absolute atomic E-state index is 0.0311. The Bertz CT molecular complexity index is 1440. The van der Waals surface area contributed by atoms with Crippen LogP contribution in [-0.4, -0.2) is 22.0 Å². The van der Waals surface area contributed by atoms with Gasteiger partial charge < -0.3 is 14.4 Å². The molecule has 0 radical (unpaired) electrons. The SMILES string of the molecule is Cc1ccc(/C(O)=C2\C(=O)C(=O)N(c3cc(C)on3)[C@@H]2c2cccc(Oc3ccccc3)c2)cc1. The summed E-state index contributed by atoms with van der Waals surface area (Å²) < 4.78 is 11.2. The number of rotatable bonds is 5. The molecule has 1 aromatic heterocycles. The molecule has 2 heterocycles. The number of aliphatic hydroxyl groups is 1. The van der Waals surface area contributed by atoms with E-state index in [1.54, 1.807) is 49.4 Å². The first kappa shape index (κ1) is 22.2. The molecule has 3 aromatic carbocycles. The van der Waals surface area contributed by atoms with Crippen molar-refractivity contribution in [3.05, 3.63) is 113 Å². The van der Waals surface area contributed by atoms with Gasteiger partial charge in [0.1, 0.15) is 23.0 Å². The summed E-state index contributed by atoms with van der Waals surface area (Å²) in [5.74, 6) is -0.0244. The molecule has 0 bridgehead atoms. The number of carbonyl (C=O) groups excluding carboxylic acids is 2. The van der Waals surface area contributed by atoms with Crippen LogP contribution in [-0.2, 0) is 9.59 Å². The van der Waals surface area contributed by atoms with Crippen LogP contribution in [0.4, 0.5) is 5.82 Å². The summed E-state index contributed by atoms with van der Waals surface area (Å²) in [6, 6.07) is 24.1. The van der Waals surface area contributed by atoms with Crippen LogP contribution in [0.2, 0.25) is 0 Å². The highest BCUT2D eigenvalue weighted by atomic mass is 16.5. The van der Waals surface area contributed by atoms with Crippen LogP contribution in [0.25, 0.3) is 5.76 Å². The third-order valence-corrected chi connectivity index (χ3v) is 5.78. The molecule has 4 aromatic rings. The fraction of sp³-hybridized carbons (Fsp3) is 0.107. The number of para-hydroxylation sites is 1. The topological polar surface area (TPSA) is 92.9 Å². The summed E-state index contributed by atoms with van der Waals surface area (Å²) in [6.07, 6.45) is 0. The van der Waals surface area contributed by atoms with Gasteiger partial charge in [0.15, 0.2) is 5.82 Å². The average molecular weight is 466 g/mol. The minimum atomic E-state index is -0.930. The Morgan fingerprint density at radius 1 is 0.914 bits per heavy atom. The summed E-state index contributed by atoms with van der Waals surface area (Å²) in [5, 5.41) is 15.2. The van der Waals surface area contributed by atoms with Crippen molar-refractivity contribution in [2.75, 3.05) is 4.90 Å². The zero-order chi connectivity index (χ0) is 24.5. The van der Waals surface area contributed by atoms with Gasteiger partial charge in [-0.05, 0) is 43.7 Å². The normalized spacial score (nSPS) is 17.1. The second-order valence-corrected chi connectivity index (χ2v) is 8.32. The highest BCUT2D eigenvalue weighted by Crippen LogP contribution is 2.42. The summed E-state index contributed by atoms with van der Waals surface area (Å²) in [7, 11) is 0. The van der Waals surface area contributed by atoms with Crippen LogP contribution < -0.4 is 9.64 Å². The zero-order valence-corrected chi connectivity index (χ0v) is 19.1. The maximum Gasteiger partial charge on any atom is 0.301 e.